The highest BCUT2D eigenvalue weighted by Crippen LogP contribution is 2.24. The zero-order chi connectivity index (χ0) is 20.5. The fourth-order valence-corrected chi connectivity index (χ4v) is 2.26. The molecule has 0 radical (unpaired) electrons. The summed E-state index contributed by atoms with van der Waals surface area (Å²) in [5.41, 5.74) is 0.856. The molecule has 2 aromatic rings. The molecule has 1 atom stereocenters. The fraction of sp³-hybridized carbons (Fsp3) is 0.200. The summed E-state index contributed by atoms with van der Waals surface area (Å²) in [6.07, 6.45) is 1.44. The SMILES string of the molecule is CCOc1ccccc1NC(=O)C(C)OC(=O)/C=C/c1cccc([N+](=O)[O-])c1. The van der Waals surface area contributed by atoms with Gasteiger partial charge in [0.2, 0.25) is 0 Å². The molecule has 146 valence electrons. The Hall–Kier alpha value is -3.68. The number of nitro groups is 1. The lowest BCUT2D eigenvalue weighted by Gasteiger charge is -2.15. The highest BCUT2D eigenvalue weighted by molar-refractivity contribution is 5.97. The molecule has 1 N–H and O–H groups in total. The summed E-state index contributed by atoms with van der Waals surface area (Å²) < 4.78 is 10.5. The summed E-state index contributed by atoms with van der Waals surface area (Å²) in [6, 6.07) is 12.7. The molecule has 1 unspecified atom stereocenters. The number of ether oxygens (including phenoxy) is 2. The number of nitrogens with one attached hydrogen (secondary N) is 1. The number of rotatable bonds is 8. The van der Waals surface area contributed by atoms with E-state index in [1.807, 2.05) is 6.92 Å². The van der Waals surface area contributed by atoms with Gasteiger partial charge in [0.1, 0.15) is 5.75 Å². The zero-order valence-electron chi connectivity index (χ0n) is 15.5. The van der Waals surface area contributed by atoms with Gasteiger partial charge >= 0.3 is 5.97 Å². The second-order valence-corrected chi connectivity index (χ2v) is 5.68. The van der Waals surface area contributed by atoms with E-state index in [1.165, 1.54) is 31.2 Å². The topological polar surface area (TPSA) is 108 Å². The number of hydrogen-bond donors (Lipinski definition) is 1. The standard InChI is InChI=1S/C20H20N2O6/c1-3-27-18-10-5-4-9-17(18)21-20(24)14(2)28-19(23)12-11-15-7-6-8-16(13-15)22(25)26/h4-14H,3H2,1-2H3,(H,21,24)/b12-11+. The van der Waals surface area contributed by atoms with Crippen molar-refractivity contribution < 1.29 is 24.0 Å². The van der Waals surface area contributed by atoms with Crippen LogP contribution in [0.2, 0.25) is 0 Å². The van der Waals surface area contributed by atoms with E-state index in [-0.39, 0.29) is 5.69 Å². The van der Waals surface area contributed by atoms with Gasteiger partial charge in [0, 0.05) is 18.2 Å². The Morgan fingerprint density at radius 3 is 2.68 bits per heavy atom. The second kappa shape index (κ2) is 9.86. The van der Waals surface area contributed by atoms with Gasteiger partial charge in [-0.25, -0.2) is 4.79 Å². The molecule has 0 heterocycles. The number of carbonyl (C=O) groups is 2. The van der Waals surface area contributed by atoms with Gasteiger partial charge in [-0.15, -0.1) is 0 Å². The van der Waals surface area contributed by atoms with Crippen LogP contribution >= 0.6 is 0 Å². The molecule has 1 amide bonds. The van der Waals surface area contributed by atoms with Crippen LogP contribution in [-0.4, -0.2) is 29.5 Å². The van der Waals surface area contributed by atoms with E-state index < -0.39 is 22.9 Å². The van der Waals surface area contributed by atoms with Crippen LogP contribution < -0.4 is 10.1 Å². The number of non-ortho nitro benzene ring substituents is 1. The van der Waals surface area contributed by atoms with Gasteiger partial charge in [-0.2, -0.15) is 0 Å². The summed E-state index contributed by atoms with van der Waals surface area (Å²) in [7, 11) is 0. The third-order valence-electron chi connectivity index (χ3n) is 3.60. The van der Waals surface area contributed by atoms with E-state index in [9.17, 15) is 19.7 Å². The number of para-hydroxylation sites is 2. The van der Waals surface area contributed by atoms with Crippen molar-refractivity contribution in [3.8, 4) is 5.75 Å². The van der Waals surface area contributed by atoms with E-state index in [1.54, 1.807) is 30.3 Å². The van der Waals surface area contributed by atoms with Crippen molar-refractivity contribution in [1.82, 2.24) is 0 Å². The van der Waals surface area contributed by atoms with Crippen LogP contribution in [0.1, 0.15) is 19.4 Å². The fourth-order valence-electron chi connectivity index (χ4n) is 2.26. The Kier molecular flexibility index (Phi) is 7.27. The minimum Gasteiger partial charge on any atom is -0.492 e. The van der Waals surface area contributed by atoms with Crippen molar-refractivity contribution in [2.24, 2.45) is 0 Å². The molecule has 0 saturated carbocycles. The number of esters is 1. The Morgan fingerprint density at radius 1 is 1.21 bits per heavy atom. The Labute approximate surface area is 161 Å². The molecule has 0 bridgehead atoms. The lowest BCUT2D eigenvalue weighted by atomic mass is 10.2. The Bertz CT molecular complexity index is 894. The molecule has 0 saturated heterocycles. The number of nitrogens with zero attached hydrogens (tertiary/aromatic N) is 1. The summed E-state index contributed by atoms with van der Waals surface area (Å²) in [5.74, 6) is -0.737. The quantitative estimate of drug-likeness (QED) is 0.323. The summed E-state index contributed by atoms with van der Waals surface area (Å²) >= 11 is 0. The molecule has 2 rings (SSSR count). The van der Waals surface area contributed by atoms with E-state index in [0.717, 1.165) is 6.08 Å². The highest BCUT2D eigenvalue weighted by atomic mass is 16.6. The number of nitro benzene ring substituents is 1. The monoisotopic (exact) mass is 384 g/mol. The first-order valence-corrected chi connectivity index (χ1v) is 8.56. The van der Waals surface area contributed by atoms with Crippen molar-refractivity contribution in [2.75, 3.05) is 11.9 Å². The van der Waals surface area contributed by atoms with Crippen LogP contribution in [0.3, 0.4) is 0 Å². The molecule has 8 nitrogen and oxygen atoms in total. The normalized spacial score (nSPS) is 11.6. The van der Waals surface area contributed by atoms with Gasteiger partial charge in [-0.1, -0.05) is 24.3 Å². The Balaban J connectivity index is 1.95. The third kappa shape index (κ3) is 5.94. The number of amides is 1. The lowest BCUT2D eigenvalue weighted by molar-refractivity contribution is -0.384. The summed E-state index contributed by atoms with van der Waals surface area (Å²) in [4.78, 5) is 34.4. The second-order valence-electron chi connectivity index (χ2n) is 5.68. The van der Waals surface area contributed by atoms with E-state index in [2.05, 4.69) is 5.32 Å². The van der Waals surface area contributed by atoms with Crippen molar-refractivity contribution in [3.05, 3.63) is 70.3 Å². The maximum Gasteiger partial charge on any atom is 0.331 e. The average Bonchev–Trinajstić information content (AvgIpc) is 2.68. The molecule has 0 fully saturated rings. The number of carbonyl (C=O) groups excluding carboxylic acids is 2. The average molecular weight is 384 g/mol. The Morgan fingerprint density at radius 2 is 1.96 bits per heavy atom. The van der Waals surface area contributed by atoms with Crippen LogP contribution in [0.25, 0.3) is 6.08 Å². The predicted molar refractivity (Wildman–Crippen MR) is 104 cm³/mol. The molecule has 0 aromatic heterocycles. The van der Waals surface area contributed by atoms with Gasteiger partial charge in [0.15, 0.2) is 6.10 Å². The first-order valence-electron chi connectivity index (χ1n) is 8.56. The lowest BCUT2D eigenvalue weighted by Crippen LogP contribution is -2.29. The number of anilines is 1. The van der Waals surface area contributed by atoms with Crippen LogP contribution in [0.15, 0.2) is 54.6 Å². The predicted octanol–water partition coefficient (Wildman–Crippen LogP) is 3.58. The van der Waals surface area contributed by atoms with E-state index in [4.69, 9.17) is 9.47 Å². The van der Waals surface area contributed by atoms with Crippen molar-refractivity contribution in [1.29, 1.82) is 0 Å². The number of hydrogen-bond acceptors (Lipinski definition) is 6. The maximum absolute atomic E-state index is 12.3. The molecule has 2 aromatic carbocycles. The van der Waals surface area contributed by atoms with Crippen LogP contribution in [-0.2, 0) is 14.3 Å². The molecule has 8 heteroatoms. The molecule has 0 aliphatic heterocycles. The van der Waals surface area contributed by atoms with Gasteiger partial charge in [0.25, 0.3) is 11.6 Å². The van der Waals surface area contributed by atoms with E-state index in [0.29, 0.717) is 23.6 Å². The molecule has 0 aliphatic rings. The minimum atomic E-state index is -1.04. The molecule has 0 spiro atoms. The smallest absolute Gasteiger partial charge is 0.331 e. The maximum atomic E-state index is 12.3. The van der Waals surface area contributed by atoms with Gasteiger partial charge in [-0.05, 0) is 37.6 Å². The van der Waals surface area contributed by atoms with Crippen molar-refractivity contribution >= 4 is 29.3 Å². The van der Waals surface area contributed by atoms with Crippen LogP contribution in [0.4, 0.5) is 11.4 Å². The van der Waals surface area contributed by atoms with Gasteiger partial charge in [-0.3, -0.25) is 14.9 Å². The molecule has 28 heavy (non-hydrogen) atoms. The third-order valence-corrected chi connectivity index (χ3v) is 3.60. The van der Waals surface area contributed by atoms with Crippen LogP contribution in [0.5, 0.6) is 5.75 Å². The van der Waals surface area contributed by atoms with Crippen molar-refractivity contribution in [3.63, 3.8) is 0 Å². The van der Waals surface area contributed by atoms with Gasteiger partial charge in [0.05, 0.1) is 17.2 Å². The van der Waals surface area contributed by atoms with E-state index >= 15 is 0 Å². The molecular weight excluding hydrogens is 364 g/mol. The highest BCUT2D eigenvalue weighted by Gasteiger charge is 2.18. The largest absolute Gasteiger partial charge is 0.492 e. The minimum absolute atomic E-state index is 0.0868. The zero-order valence-corrected chi connectivity index (χ0v) is 15.5. The first kappa shape index (κ1) is 20.6. The van der Waals surface area contributed by atoms with Crippen LogP contribution in [0, 0.1) is 10.1 Å². The summed E-state index contributed by atoms with van der Waals surface area (Å²) in [5, 5.41) is 13.4. The first-order chi connectivity index (χ1) is 13.4. The molecule has 0 aliphatic carbocycles. The summed E-state index contributed by atoms with van der Waals surface area (Å²) in [6.45, 7) is 3.72. The van der Waals surface area contributed by atoms with Gasteiger partial charge < -0.3 is 14.8 Å². The number of benzene rings is 2. The van der Waals surface area contributed by atoms with Crippen molar-refractivity contribution in [2.45, 2.75) is 20.0 Å². The molecular formula is C20H20N2O6.